The fourth-order valence-electron chi connectivity index (χ4n) is 2.97. The van der Waals surface area contributed by atoms with Crippen LogP contribution in [0.5, 0.6) is 0 Å². The monoisotopic (exact) mass is 340 g/mol. The van der Waals surface area contributed by atoms with Crippen molar-refractivity contribution in [3.8, 4) is 0 Å². The summed E-state index contributed by atoms with van der Waals surface area (Å²) >= 11 is 1.57. The summed E-state index contributed by atoms with van der Waals surface area (Å²) < 4.78 is 0. The molecule has 1 heterocycles. The predicted molar refractivity (Wildman–Crippen MR) is 98.1 cm³/mol. The molecule has 1 atom stereocenters. The van der Waals surface area contributed by atoms with Gasteiger partial charge in [-0.25, -0.2) is 0 Å². The van der Waals surface area contributed by atoms with Crippen molar-refractivity contribution < 1.29 is 9.59 Å². The number of likely N-dealkylation sites (N-methyl/N-ethyl adjacent to an activating group) is 1. The molecule has 4 nitrogen and oxygen atoms in total. The molecule has 2 amide bonds. The number of thioether (sulfide) groups is 1. The van der Waals surface area contributed by atoms with Crippen LogP contribution in [-0.4, -0.2) is 30.7 Å². The minimum atomic E-state index is -0.447. The third-order valence-corrected chi connectivity index (χ3v) is 5.12. The molecule has 0 saturated carbocycles. The quantitative estimate of drug-likeness (QED) is 0.910. The molecule has 0 aliphatic carbocycles. The summed E-state index contributed by atoms with van der Waals surface area (Å²) in [5.41, 5.74) is 3.10. The van der Waals surface area contributed by atoms with Crippen LogP contribution >= 0.6 is 11.8 Å². The lowest BCUT2D eigenvalue weighted by Crippen LogP contribution is -2.47. The first-order valence-corrected chi connectivity index (χ1v) is 9.09. The van der Waals surface area contributed by atoms with Gasteiger partial charge in [0.15, 0.2) is 0 Å². The Morgan fingerprint density at radius 3 is 2.58 bits per heavy atom. The predicted octanol–water partition coefficient (Wildman–Crippen LogP) is 2.62. The molecule has 1 aliphatic heterocycles. The highest BCUT2D eigenvalue weighted by atomic mass is 32.2. The summed E-state index contributed by atoms with van der Waals surface area (Å²) in [5, 5.41) is 2.67. The van der Waals surface area contributed by atoms with Crippen LogP contribution in [0.1, 0.15) is 11.1 Å². The number of nitrogens with one attached hydrogen (secondary N) is 1. The molecule has 1 unspecified atom stereocenters. The Labute approximate surface area is 146 Å². The number of hydrogen-bond acceptors (Lipinski definition) is 3. The highest BCUT2D eigenvalue weighted by Gasteiger charge is 2.37. The van der Waals surface area contributed by atoms with E-state index in [4.69, 9.17) is 0 Å². The maximum Gasteiger partial charge on any atom is 0.243 e. The first-order chi connectivity index (χ1) is 11.7. The molecule has 0 bridgehead atoms. The van der Waals surface area contributed by atoms with Gasteiger partial charge in [0.1, 0.15) is 6.04 Å². The third-order valence-electron chi connectivity index (χ3n) is 4.13. The smallest absolute Gasteiger partial charge is 0.243 e. The van der Waals surface area contributed by atoms with Gasteiger partial charge in [-0.1, -0.05) is 48.5 Å². The van der Waals surface area contributed by atoms with Gasteiger partial charge in [0, 0.05) is 24.9 Å². The Morgan fingerprint density at radius 2 is 1.83 bits per heavy atom. The maximum atomic E-state index is 12.8. The molecule has 0 radical (unpaired) electrons. The Kier molecular flexibility index (Phi) is 5.20. The summed E-state index contributed by atoms with van der Waals surface area (Å²) in [7, 11) is 1.61. The number of para-hydroxylation sites is 1. The van der Waals surface area contributed by atoms with E-state index in [0.29, 0.717) is 12.2 Å². The van der Waals surface area contributed by atoms with Gasteiger partial charge in [0.25, 0.3) is 0 Å². The van der Waals surface area contributed by atoms with Crippen LogP contribution in [0, 0.1) is 0 Å². The van der Waals surface area contributed by atoms with E-state index in [-0.39, 0.29) is 11.8 Å². The number of hydrogen-bond donors (Lipinski definition) is 1. The molecule has 2 aromatic rings. The van der Waals surface area contributed by atoms with Crippen molar-refractivity contribution in [2.24, 2.45) is 0 Å². The molecule has 1 N–H and O–H groups in total. The van der Waals surface area contributed by atoms with Crippen LogP contribution in [0.3, 0.4) is 0 Å². The number of anilines is 1. The van der Waals surface area contributed by atoms with Crippen LogP contribution in [0.4, 0.5) is 5.69 Å². The van der Waals surface area contributed by atoms with Gasteiger partial charge in [-0.2, -0.15) is 0 Å². The fraction of sp³-hybridized carbons (Fsp3) is 0.263. The topological polar surface area (TPSA) is 49.4 Å². The van der Waals surface area contributed by atoms with E-state index in [1.807, 2.05) is 42.5 Å². The zero-order valence-corrected chi connectivity index (χ0v) is 14.4. The summed E-state index contributed by atoms with van der Waals surface area (Å²) in [6.07, 6.45) is 0.574. The molecule has 24 heavy (non-hydrogen) atoms. The van der Waals surface area contributed by atoms with Gasteiger partial charge >= 0.3 is 0 Å². The highest BCUT2D eigenvalue weighted by Crippen LogP contribution is 2.32. The van der Waals surface area contributed by atoms with Gasteiger partial charge in [-0.05, 0) is 17.2 Å². The maximum absolute atomic E-state index is 12.8. The molecule has 2 aromatic carbocycles. The molecular weight excluding hydrogens is 320 g/mol. The standard InChI is InChI=1S/C19H20N2O2S/c1-20-19(23)17-11-15-9-5-6-10-16(15)21(17)18(22)13-24-12-14-7-3-2-4-8-14/h2-10,17H,11-13H2,1H3,(H,20,23). The molecular formula is C19H20N2O2S. The van der Waals surface area contributed by atoms with Crippen molar-refractivity contribution in [2.45, 2.75) is 18.2 Å². The van der Waals surface area contributed by atoms with Crippen LogP contribution in [0.2, 0.25) is 0 Å². The zero-order valence-electron chi connectivity index (χ0n) is 13.6. The molecule has 5 heteroatoms. The molecule has 0 saturated heterocycles. The molecule has 0 aromatic heterocycles. The minimum Gasteiger partial charge on any atom is -0.357 e. The Bertz CT molecular complexity index is 733. The highest BCUT2D eigenvalue weighted by molar-refractivity contribution is 7.99. The first kappa shape index (κ1) is 16.6. The number of rotatable bonds is 5. The van der Waals surface area contributed by atoms with Crippen molar-refractivity contribution in [3.05, 3.63) is 65.7 Å². The van der Waals surface area contributed by atoms with Crippen molar-refractivity contribution in [1.82, 2.24) is 5.32 Å². The van der Waals surface area contributed by atoms with Gasteiger partial charge < -0.3 is 5.32 Å². The fourth-order valence-corrected chi connectivity index (χ4v) is 3.81. The van der Waals surface area contributed by atoms with Crippen molar-refractivity contribution in [2.75, 3.05) is 17.7 Å². The average Bonchev–Trinajstić information content (AvgIpc) is 3.01. The van der Waals surface area contributed by atoms with Crippen molar-refractivity contribution in [3.63, 3.8) is 0 Å². The summed E-state index contributed by atoms with van der Waals surface area (Å²) in [4.78, 5) is 26.6. The van der Waals surface area contributed by atoms with E-state index < -0.39 is 6.04 Å². The van der Waals surface area contributed by atoms with E-state index in [9.17, 15) is 9.59 Å². The van der Waals surface area contributed by atoms with Crippen LogP contribution in [0.15, 0.2) is 54.6 Å². The number of fused-ring (bicyclic) bond motifs is 1. The summed E-state index contributed by atoms with van der Waals surface area (Å²) in [6, 6.07) is 17.4. The minimum absolute atomic E-state index is 0.0190. The number of carbonyl (C=O) groups is 2. The molecule has 0 fully saturated rings. The lowest BCUT2D eigenvalue weighted by molar-refractivity contribution is -0.125. The SMILES string of the molecule is CNC(=O)C1Cc2ccccc2N1C(=O)CSCc1ccccc1. The number of nitrogens with zero attached hydrogens (tertiary/aromatic N) is 1. The Morgan fingerprint density at radius 1 is 1.12 bits per heavy atom. The second-order valence-corrected chi connectivity index (χ2v) is 6.69. The molecule has 124 valence electrons. The molecule has 1 aliphatic rings. The van der Waals surface area contributed by atoms with Crippen LogP contribution in [-0.2, 0) is 21.8 Å². The van der Waals surface area contributed by atoms with Crippen LogP contribution in [0.25, 0.3) is 0 Å². The second-order valence-electron chi connectivity index (χ2n) is 5.71. The summed E-state index contributed by atoms with van der Waals surface area (Å²) in [6.45, 7) is 0. The average molecular weight is 340 g/mol. The van der Waals surface area contributed by atoms with Crippen LogP contribution < -0.4 is 10.2 Å². The lowest BCUT2D eigenvalue weighted by Gasteiger charge is -2.24. The second kappa shape index (κ2) is 7.53. The normalized spacial score (nSPS) is 15.9. The zero-order chi connectivity index (χ0) is 16.9. The van der Waals surface area contributed by atoms with E-state index in [2.05, 4.69) is 17.4 Å². The Hall–Kier alpha value is -2.27. The number of carbonyl (C=O) groups excluding carboxylic acids is 2. The summed E-state index contributed by atoms with van der Waals surface area (Å²) in [5.74, 6) is 1.01. The van der Waals surface area contributed by atoms with E-state index in [1.165, 1.54) is 5.56 Å². The first-order valence-electron chi connectivity index (χ1n) is 7.94. The van der Waals surface area contributed by atoms with Crippen molar-refractivity contribution >= 4 is 29.3 Å². The lowest BCUT2D eigenvalue weighted by atomic mass is 10.1. The van der Waals surface area contributed by atoms with E-state index in [1.54, 1.807) is 23.7 Å². The molecule has 3 rings (SSSR count). The number of benzene rings is 2. The van der Waals surface area contributed by atoms with E-state index in [0.717, 1.165) is 17.0 Å². The van der Waals surface area contributed by atoms with Gasteiger partial charge in [0.05, 0.1) is 5.75 Å². The number of amides is 2. The van der Waals surface area contributed by atoms with Crippen molar-refractivity contribution in [1.29, 1.82) is 0 Å². The Balaban J connectivity index is 1.70. The largest absolute Gasteiger partial charge is 0.357 e. The van der Waals surface area contributed by atoms with Gasteiger partial charge in [-0.15, -0.1) is 11.8 Å². The van der Waals surface area contributed by atoms with Gasteiger partial charge in [-0.3, -0.25) is 14.5 Å². The molecule has 0 spiro atoms. The van der Waals surface area contributed by atoms with Gasteiger partial charge in [0.2, 0.25) is 11.8 Å². The third kappa shape index (κ3) is 3.46. The van der Waals surface area contributed by atoms with E-state index >= 15 is 0 Å².